The molecule has 100 valence electrons. The largest absolute Gasteiger partial charge is 0.497 e. The molecular formula is C14H16NO3P. The van der Waals surface area contributed by atoms with E-state index in [4.69, 9.17) is 10.5 Å². The first kappa shape index (κ1) is 13.8. The minimum absolute atomic E-state index is 0.352. The van der Waals surface area contributed by atoms with Gasteiger partial charge in [-0.1, -0.05) is 30.3 Å². The summed E-state index contributed by atoms with van der Waals surface area (Å²) in [6.45, 7) is 0. The molecule has 0 fully saturated rings. The summed E-state index contributed by atoms with van der Waals surface area (Å²) in [7, 11) is -2.12. The molecule has 0 aromatic heterocycles. The average Bonchev–Trinajstić information content (AvgIpc) is 2.47. The molecule has 2 aromatic rings. The predicted molar refractivity (Wildman–Crippen MR) is 75.8 cm³/mol. The highest BCUT2D eigenvalue weighted by Gasteiger charge is 2.31. The zero-order chi connectivity index (χ0) is 13.9. The summed E-state index contributed by atoms with van der Waals surface area (Å²) < 4.78 is 17.6. The van der Waals surface area contributed by atoms with Crippen molar-refractivity contribution in [2.45, 2.75) is 5.78 Å². The lowest BCUT2D eigenvalue weighted by molar-refractivity contribution is 0.414. The van der Waals surface area contributed by atoms with Crippen molar-refractivity contribution in [2.24, 2.45) is 5.73 Å². The molecule has 5 heteroatoms. The van der Waals surface area contributed by atoms with Crippen LogP contribution in [0.2, 0.25) is 0 Å². The Morgan fingerprint density at radius 2 is 1.84 bits per heavy atom. The van der Waals surface area contributed by atoms with Crippen LogP contribution in [0, 0.1) is 0 Å². The van der Waals surface area contributed by atoms with Gasteiger partial charge in [0.25, 0.3) is 0 Å². The average molecular weight is 277 g/mol. The van der Waals surface area contributed by atoms with Crippen molar-refractivity contribution >= 4 is 12.7 Å². The summed E-state index contributed by atoms with van der Waals surface area (Å²) in [4.78, 5) is 10.3. The molecule has 0 spiro atoms. The minimum Gasteiger partial charge on any atom is -0.497 e. The van der Waals surface area contributed by atoms with Crippen LogP contribution < -0.4 is 15.8 Å². The molecule has 2 atom stereocenters. The smallest absolute Gasteiger partial charge is 0.250 e. The maximum atomic E-state index is 12.5. The molecule has 0 bridgehead atoms. The Bertz CT molecular complexity index is 601. The maximum Gasteiger partial charge on any atom is 0.250 e. The number of methoxy groups -OCH3 is 1. The number of rotatable bonds is 4. The van der Waals surface area contributed by atoms with Gasteiger partial charge in [-0.2, -0.15) is 0 Å². The van der Waals surface area contributed by atoms with E-state index in [0.717, 1.165) is 0 Å². The molecule has 2 aromatic carbocycles. The van der Waals surface area contributed by atoms with Gasteiger partial charge in [-0.05, 0) is 29.8 Å². The zero-order valence-electron chi connectivity index (χ0n) is 10.6. The Morgan fingerprint density at radius 3 is 2.47 bits per heavy atom. The van der Waals surface area contributed by atoms with Crippen LogP contribution in [-0.4, -0.2) is 12.0 Å². The van der Waals surface area contributed by atoms with Crippen molar-refractivity contribution in [1.82, 2.24) is 0 Å². The normalized spacial score (nSPS) is 15.5. The summed E-state index contributed by atoms with van der Waals surface area (Å²) in [5, 5.41) is 0.352. The third kappa shape index (κ3) is 2.87. The van der Waals surface area contributed by atoms with E-state index in [-0.39, 0.29) is 0 Å². The molecule has 0 saturated heterocycles. The lowest BCUT2D eigenvalue weighted by Crippen LogP contribution is -2.18. The van der Waals surface area contributed by atoms with Crippen LogP contribution in [0.15, 0.2) is 54.6 Å². The van der Waals surface area contributed by atoms with E-state index in [1.165, 1.54) is 0 Å². The van der Waals surface area contributed by atoms with Crippen LogP contribution >= 0.6 is 7.37 Å². The van der Waals surface area contributed by atoms with Gasteiger partial charge >= 0.3 is 0 Å². The summed E-state index contributed by atoms with van der Waals surface area (Å²) in [5.74, 6) is -0.356. The lowest BCUT2D eigenvalue weighted by Gasteiger charge is -2.20. The van der Waals surface area contributed by atoms with Gasteiger partial charge in [-0.15, -0.1) is 0 Å². The molecule has 0 radical (unpaired) electrons. The third-order valence-corrected chi connectivity index (χ3v) is 5.03. The molecule has 2 unspecified atom stereocenters. The van der Waals surface area contributed by atoms with Crippen molar-refractivity contribution in [2.75, 3.05) is 7.11 Å². The fourth-order valence-electron chi connectivity index (χ4n) is 1.83. The minimum atomic E-state index is -3.67. The van der Waals surface area contributed by atoms with E-state index in [9.17, 15) is 9.46 Å². The van der Waals surface area contributed by atoms with Crippen molar-refractivity contribution < 1.29 is 14.2 Å². The van der Waals surface area contributed by atoms with Crippen LogP contribution in [0.4, 0.5) is 0 Å². The first-order valence-corrected chi connectivity index (χ1v) is 7.56. The van der Waals surface area contributed by atoms with Crippen LogP contribution in [0.1, 0.15) is 11.3 Å². The van der Waals surface area contributed by atoms with Crippen molar-refractivity contribution in [3.63, 3.8) is 0 Å². The van der Waals surface area contributed by atoms with E-state index in [1.54, 1.807) is 61.7 Å². The second-order valence-electron chi connectivity index (χ2n) is 4.18. The summed E-state index contributed by atoms with van der Waals surface area (Å²) in [6.07, 6.45) is 0. The Morgan fingerprint density at radius 1 is 1.16 bits per heavy atom. The molecule has 0 saturated carbocycles. The highest BCUT2D eigenvalue weighted by atomic mass is 31.2. The van der Waals surface area contributed by atoms with Crippen molar-refractivity contribution in [3.05, 3.63) is 60.2 Å². The summed E-state index contributed by atoms with van der Waals surface area (Å²) >= 11 is 0. The standard InChI is InChI=1S/C14H16NO3P/c1-18-12-7-5-6-11(10-12)14(15)19(16,17)13-8-3-2-4-9-13/h2-10,14H,15H2,1H3,(H,16,17). The highest BCUT2D eigenvalue weighted by Crippen LogP contribution is 2.51. The molecule has 0 aliphatic carbocycles. The van der Waals surface area contributed by atoms with Crippen LogP contribution in [0.5, 0.6) is 5.75 Å². The fraction of sp³-hybridized carbons (Fsp3) is 0.143. The number of hydrogen-bond acceptors (Lipinski definition) is 3. The van der Waals surface area contributed by atoms with Gasteiger partial charge < -0.3 is 15.4 Å². The monoisotopic (exact) mass is 277 g/mol. The van der Waals surface area contributed by atoms with Gasteiger partial charge in [0.15, 0.2) is 0 Å². The molecule has 2 rings (SSSR count). The maximum absolute atomic E-state index is 12.5. The topological polar surface area (TPSA) is 72.5 Å². The Labute approximate surface area is 112 Å². The number of benzene rings is 2. The Kier molecular flexibility index (Phi) is 4.05. The van der Waals surface area contributed by atoms with Crippen LogP contribution in [0.3, 0.4) is 0 Å². The van der Waals surface area contributed by atoms with E-state index in [1.807, 2.05) is 0 Å². The first-order chi connectivity index (χ1) is 9.05. The fourth-order valence-corrected chi connectivity index (χ4v) is 3.31. The predicted octanol–water partition coefficient (Wildman–Crippen LogP) is 2.25. The Balaban J connectivity index is 2.37. The van der Waals surface area contributed by atoms with E-state index >= 15 is 0 Å². The van der Waals surface area contributed by atoms with Crippen molar-refractivity contribution in [1.29, 1.82) is 0 Å². The van der Waals surface area contributed by atoms with Gasteiger partial charge in [0, 0.05) is 5.30 Å². The van der Waals surface area contributed by atoms with Gasteiger partial charge in [0.05, 0.1) is 7.11 Å². The number of ether oxygens (including phenoxy) is 1. The second-order valence-corrected chi connectivity index (χ2v) is 6.50. The molecule has 0 amide bonds. The number of nitrogens with two attached hydrogens (primary N) is 1. The lowest BCUT2D eigenvalue weighted by atomic mass is 10.2. The highest BCUT2D eigenvalue weighted by molar-refractivity contribution is 7.66. The quantitative estimate of drug-likeness (QED) is 0.841. The third-order valence-electron chi connectivity index (χ3n) is 2.94. The molecule has 0 aliphatic heterocycles. The zero-order valence-corrected chi connectivity index (χ0v) is 11.5. The molecule has 3 N–H and O–H groups in total. The molecule has 0 heterocycles. The van der Waals surface area contributed by atoms with Crippen molar-refractivity contribution in [3.8, 4) is 5.75 Å². The van der Waals surface area contributed by atoms with E-state index < -0.39 is 13.2 Å². The first-order valence-electron chi connectivity index (χ1n) is 5.83. The summed E-state index contributed by atoms with van der Waals surface area (Å²) in [5.41, 5.74) is 6.54. The van der Waals surface area contributed by atoms with Gasteiger partial charge in [0.2, 0.25) is 7.37 Å². The Hall–Kier alpha value is -1.61. The second kappa shape index (κ2) is 5.57. The van der Waals surface area contributed by atoms with Crippen LogP contribution in [0.25, 0.3) is 0 Å². The SMILES string of the molecule is COc1cccc(C(N)P(=O)(O)c2ccccc2)c1. The van der Waals surface area contributed by atoms with Gasteiger partial charge in [-0.3, -0.25) is 4.57 Å². The molecule has 19 heavy (non-hydrogen) atoms. The van der Waals surface area contributed by atoms with Crippen LogP contribution in [-0.2, 0) is 4.57 Å². The molecule has 4 nitrogen and oxygen atoms in total. The summed E-state index contributed by atoms with van der Waals surface area (Å²) in [6, 6.07) is 15.4. The van der Waals surface area contributed by atoms with Gasteiger partial charge in [-0.25, -0.2) is 0 Å². The van der Waals surface area contributed by atoms with E-state index in [0.29, 0.717) is 16.6 Å². The molecular weight excluding hydrogens is 261 g/mol. The molecule has 0 aliphatic rings. The number of hydrogen-bond donors (Lipinski definition) is 2. The van der Waals surface area contributed by atoms with Gasteiger partial charge in [0.1, 0.15) is 11.5 Å². The van der Waals surface area contributed by atoms with E-state index in [2.05, 4.69) is 0 Å².